The fourth-order valence-electron chi connectivity index (χ4n) is 1.72. The maximum atomic E-state index is 11.8. The van der Waals surface area contributed by atoms with Gasteiger partial charge in [-0.25, -0.2) is 10.9 Å². The minimum Gasteiger partial charge on any atom is -0.330 e. The number of amides is 2. The van der Waals surface area contributed by atoms with E-state index in [2.05, 4.69) is 28.4 Å². The van der Waals surface area contributed by atoms with E-state index in [1.807, 2.05) is 24.3 Å². The summed E-state index contributed by atoms with van der Waals surface area (Å²) >= 11 is 1.32. The Kier molecular flexibility index (Phi) is 5.40. The lowest BCUT2D eigenvalue weighted by molar-refractivity contribution is -0.122. The van der Waals surface area contributed by atoms with Crippen molar-refractivity contribution >= 4 is 29.3 Å². The molecule has 1 fully saturated rings. The summed E-state index contributed by atoms with van der Waals surface area (Å²) in [7, 11) is 0. The molecule has 6 nitrogen and oxygen atoms in total. The van der Waals surface area contributed by atoms with Crippen molar-refractivity contribution in [2.24, 2.45) is 0 Å². The van der Waals surface area contributed by atoms with Gasteiger partial charge in [0.1, 0.15) is 5.50 Å². The standard InChI is InChI=1S/C13H18N4O2S/c1-2-9-3-5-10(6-4-9)15-12(19)8-20-13-16-11(18)7-14-17-13/h3-6,13-14,17H,2,7-8H2,1H3,(H,15,19)(H,16,18). The van der Waals surface area contributed by atoms with Gasteiger partial charge in [0.15, 0.2) is 0 Å². The Morgan fingerprint density at radius 1 is 1.40 bits per heavy atom. The van der Waals surface area contributed by atoms with E-state index in [1.54, 1.807) is 0 Å². The molecular weight excluding hydrogens is 276 g/mol. The number of thioether (sulfide) groups is 1. The van der Waals surface area contributed by atoms with Gasteiger partial charge in [-0.15, -0.1) is 11.8 Å². The molecule has 1 unspecified atom stereocenters. The summed E-state index contributed by atoms with van der Waals surface area (Å²) in [6.07, 6.45) is 0.976. The summed E-state index contributed by atoms with van der Waals surface area (Å²) in [6, 6.07) is 7.78. The number of benzene rings is 1. The second kappa shape index (κ2) is 7.28. The van der Waals surface area contributed by atoms with Gasteiger partial charge in [-0.2, -0.15) is 0 Å². The lowest BCUT2D eigenvalue weighted by atomic mass is 10.1. The molecule has 4 N–H and O–H groups in total. The second-order valence-corrected chi connectivity index (χ2v) is 5.45. The Labute approximate surface area is 122 Å². The molecule has 0 aromatic heterocycles. The Hall–Kier alpha value is -1.57. The first-order chi connectivity index (χ1) is 9.67. The second-order valence-electron chi connectivity index (χ2n) is 4.36. The quantitative estimate of drug-likeness (QED) is 0.633. The minimum absolute atomic E-state index is 0.0863. The van der Waals surface area contributed by atoms with Crippen LogP contribution in [0.25, 0.3) is 0 Å². The molecule has 1 aromatic carbocycles. The van der Waals surface area contributed by atoms with Crippen LogP contribution >= 0.6 is 11.8 Å². The number of hydrogen-bond acceptors (Lipinski definition) is 5. The first kappa shape index (κ1) is 14.8. The van der Waals surface area contributed by atoms with Crippen LogP contribution in [0.5, 0.6) is 0 Å². The largest absolute Gasteiger partial charge is 0.330 e. The van der Waals surface area contributed by atoms with Crippen LogP contribution in [0.2, 0.25) is 0 Å². The number of hydrogen-bond donors (Lipinski definition) is 4. The zero-order valence-electron chi connectivity index (χ0n) is 11.2. The number of anilines is 1. The molecule has 2 amide bonds. The molecule has 1 saturated heterocycles. The number of aryl methyl sites for hydroxylation is 1. The molecule has 0 aliphatic carbocycles. The third-order valence-corrected chi connectivity index (χ3v) is 3.80. The van der Waals surface area contributed by atoms with Crippen LogP contribution in [0.1, 0.15) is 12.5 Å². The van der Waals surface area contributed by atoms with Crippen molar-refractivity contribution in [1.82, 2.24) is 16.2 Å². The van der Waals surface area contributed by atoms with Gasteiger partial charge in [-0.05, 0) is 24.1 Å². The summed E-state index contributed by atoms with van der Waals surface area (Å²) in [5, 5.41) is 5.54. The van der Waals surface area contributed by atoms with E-state index >= 15 is 0 Å². The van der Waals surface area contributed by atoms with Crippen molar-refractivity contribution in [2.75, 3.05) is 17.6 Å². The Balaban J connectivity index is 1.75. The molecule has 0 radical (unpaired) electrons. The zero-order valence-corrected chi connectivity index (χ0v) is 12.0. The topological polar surface area (TPSA) is 82.3 Å². The molecule has 0 spiro atoms. The number of hydrazine groups is 1. The maximum absolute atomic E-state index is 11.8. The number of nitrogens with one attached hydrogen (secondary N) is 4. The normalized spacial score (nSPS) is 18.4. The van der Waals surface area contributed by atoms with Gasteiger partial charge >= 0.3 is 0 Å². The van der Waals surface area contributed by atoms with Gasteiger partial charge in [0.05, 0.1) is 12.3 Å². The van der Waals surface area contributed by atoms with E-state index in [4.69, 9.17) is 0 Å². The molecular formula is C13H18N4O2S. The van der Waals surface area contributed by atoms with Crippen molar-refractivity contribution in [3.63, 3.8) is 0 Å². The Morgan fingerprint density at radius 2 is 2.15 bits per heavy atom. The third-order valence-electron chi connectivity index (χ3n) is 2.80. The molecule has 1 atom stereocenters. The van der Waals surface area contributed by atoms with Crippen molar-refractivity contribution in [3.05, 3.63) is 29.8 Å². The van der Waals surface area contributed by atoms with Crippen molar-refractivity contribution in [2.45, 2.75) is 18.8 Å². The summed E-state index contributed by atoms with van der Waals surface area (Å²) in [5.41, 5.74) is 7.37. The van der Waals surface area contributed by atoms with Crippen LogP contribution in [0, 0.1) is 0 Å². The van der Waals surface area contributed by atoms with E-state index in [1.165, 1.54) is 17.3 Å². The van der Waals surface area contributed by atoms with Crippen LogP contribution < -0.4 is 21.5 Å². The molecule has 108 valence electrons. The molecule has 1 aliphatic heterocycles. The lowest BCUT2D eigenvalue weighted by Crippen LogP contribution is -2.58. The highest BCUT2D eigenvalue weighted by atomic mass is 32.2. The SMILES string of the molecule is CCc1ccc(NC(=O)CSC2NNCC(=O)N2)cc1. The maximum Gasteiger partial charge on any atom is 0.237 e. The van der Waals surface area contributed by atoms with E-state index in [0.29, 0.717) is 0 Å². The fraction of sp³-hybridized carbons (Fsp3) is 0.385. The van der Waals surface area contributed by atoms with Gasteiger partial charge in [0.25, 0.3) is 0 Å². The van der Waals surface area contributed by atoms with E-state index in [-0.39, 0.29) is 29.6 Å². The van der Waals surface area contributed by atoms with Crippen molar-refractivity contribution in [3.8, 4) is 0 Å². The van der Waals surface area contributed by atoms with E-state index in [9.17, 15) is 9.59 Å². The van der Waals surface area contributed by atoms with E-state index < -0.39 is 0 Å². The first-order valence-electron chi connectivity index (χ1n) is 6.45. The molecule has 1 aromatic rings. The van der Waals surface area contributed by atoms with Gasteiger partial charge in [-0.3, -0.25) is 9.59 Å². The fourth-order valence-corrected chi connectivity index (χ4v) is 2.49. The third kappa shape index (κ3) is 4.52. The van der Waals surface area contributed by atoms with Crippen LogP contribution in [0.4, 0.5) is 5.69 Å². The predicted molar refractivity (Wildman–Crippen MR) is 80.0 cm³/mol. The van der Waals surface area contributed by atoms with Crippen molar-refractivity contribution < 1.29 is 9.59 Å². The monoisotopic (exact) mass is 294 g/mol. The summed E-state index contributed by atoms with van der Waals surface area (Å²) < 4.78 is 0. The van der Waals surface area contributed by atoms with Gasteiger partial charge in [0, 0.05) is 5.69 Å². The Morgan fingerprint density at radius 3 is 2.80 bits per heavy atom. The number of carbonyl (C=O) groups is 2. The predicted octanol–water partition coefficient (Wildman–Crippen LogP) is 0.428. The van der Waals surface area contributed by atoms with Gasteiger partial charge in [0.2, 0.25) is 11.8 Å². The molecule has 7 heteroatoms. The molecule has 1 aliphatic rings. The minimum atomic E-state index is -0.288. The number of rotatable bonds is 5. The number of carbonyl (C=O) groups excluding carboxylic acids is 2. The van der Waals surface area contributed by atoms with Crippen LogP contribution in [0.3, 0.4) is 0 Å². The molecule has 0 bridgehead atoms. The molecule has 0 saturated carbocycles. The molecule has 1 heterocycles. The highest BCUT2D eigenvalue weighted by Gasteiger charge is 2.18. The summed E-state index contributed by atoms with van der Waals surface area (Å²) in [4.78, 5) is 22.9. The van der Waals surface area contributed by atoms with Crippen LogP contribution in [-0.4, -0.2) is 29.6 Å². The Bertz CT molecular complexity index is 478. The van der Waals surface area contributed by atoms with Gasteiger partial charge < -0.3 is 10.6 Å². The first-order valence-corrected chi connectivity index (χ1v) is 7.50. The summed E-state index contributed by atoms with van der Waals surface area (Å²) in [5.74, 6) is 0.0764. The van der Waals surface area contributed by atoms with E-state index in [0.717, 1.165) is 12.1 Å². The summed E-state index contributed by atoms with van der Waals surface area (Å²) in [6.45, 7) is 2.33. The molecule has 20 heavy (non-hydrogen) atoms. The average Bonchev–Trinajstić information content (AvgIpc) is 2.46. The van der Waals surface area contributed by atoms with Gasteiger partial charge in [-0.1, -0.05) is 19.1 Å². The highest BCUT2D eigenvalue weighted by molar-refractivity contribution is 8.00. The highest BCUT2D eigenvalue weighted by Crippen LogP contribution is 2.12. The smallest absolute Gasteiger partial charge is 0.237 e. The lowest BCUT2D eigenvalue weighted by Gasteiger charge is -2.24. The molecule has 2 rings (SSSR count). The average molecular weight is 294 g/mol. The zero-order chi connectivity index (χ0) is 14.4. The van der Waals surface area contributed by atoms with Crippen LogP contribution in [-0.2, 0) is 16.0 Å². The van der Waals surface area contributed by atoms with Crippen molar-refractivity contribution in [1.29, 1.82) is 0 Å². The van der Waals surface area contributed by atoms with Crippen LogP contribution in [0.15, 0.2) is 24.3 Å².